The summed E-state index contributed by atoms with van der Waals surface area (Å²) in [4.78, 5) is 11.6. The first kappa shape index (κ1) is 15.8. The van der Waals surface area contributed by atoms with Gasteiger partial charge < -0.3 is 9.84 Å². The van der Waals surface area contributed by atoms with Crippen molar-refractivity contribution in [2.24, 2.45) is 0 Å². The molecular weight excluding hydrogens is 266 g/mol. The molecule has 116 valence electrons. The van der Waals surface area contributed by atoms with Crippen LogP contribution in [0.2, 0.25) is 0 Å². The van der Waals surface area contributed by atoms with Crippen molar-refractivity contribution in [1.82, 2.24) is 5.32 Å². The minimum absolute atomic E-state index is 0.0801. The Morgan fingerprint density at radius 1 is 1.52 bits per heavy atom. The number of hydrogen-bond donors (Lipinski definition) is 2. The number of rotatable bonds is 6. The average Bonchev–Trinajstić information content (AvgIpc) is 2.47. The molecule has 0 radical (unpaired) electrons. The van der Waals surface area contributed by atoms with E-state index in [1.54, 1.807) is 14.0 Å². The number of ether oxygens (including phenoxy) is 1. The third kappa shape index (κ3) is 3.38. The van der Waals surface area contributed by atoms with Crippen LogP contribution in [-0.4, -0.2) is 23.7 Å². The van der Waals surface area contributed by atoms with Crippen LogP contribution in [0.4, 0.5) is 0 Å². The van der Waals surface area contributed by atoms with Gasteiger partial charge in [0.25, 0.3) is 0 Å². The molecule has 0 bridgehead atoms. The Kier molecular flexibility index (Phi) is 4.88. The van der Waals surface area contributed by atoms with Crippen LogP contribution in [-0.2, 0) is 11.2 Å². The molecule has 4 heteroatoms. The summed E-state index contributed by atoms with van der Waals surface area (Å²) in [6, 6.07) is 6.20. The maximum Gasteiger partial charge on any atom is 0.323 e. The van der Waals surface area contributed by atoms with Gasteiger partial charge >= 0.3 is 5.97 Å². The smallest absolute Gasteiger partial charge is 0.323 e. The highest BCUT2D eigenvalue weighted by Crippen LogP contribution is 2.34. The van der Waals surface area contributed by atoms with E-state index in [2.05, 4.69) is 11.4 Å². The van der Waals surface area contributed by atoms with Crippen molar-refractivity contribution >= 4 is 5.97 Å². The quantitative estimate of drug-likeness (QED) is 0.844. The van der Waals surface area contributed by atoms with Gasteiger partial charge in [0.15, 0.2) is 0 Å². The molecule has 0 saturated heterocycles. The SMILES string of the molecule is CCCC(C)(NC1CCCc2ccc(OC)cc21)C(=O)O. The molecule has 0 aliphatic heterocycles. The van der Waals surface area contributed by atoms with E-state index in [4.69, 9.17) is 4.74 Å². The van der Waals surface area contributed by atoms with E-state index in [-0.39, 0.29) is 6.04 Å². The third-order valence-electron chi connectivity index (χ3n) is 4.38. The molecule has 0 amide bonds. The van der Waals surface area contributed by atoms with Crippen molar-refractivity contribution in [3.05, 3.63) is 29.3 Å². The van der Waals surface area contributed by atoms with Crippen LogP contribution in [0.5, 0.6) is 5.75 Å². The molecule has 4 nitrogen and oxygen atoms in total. The number of nitrogens with one attached hydrogen (secondary N) is 1. The lowest BCUT2D eigenvalue weighted by Crippen LogP contribution is -2.51. The summed E-state index contributed by atoms with van der Waals surface area (Å²) in [7, 11) is 1.66. The summed E-state index contributed by atoms with van der Waals surface area (Å²) >= 11 is 0. The summed E-state index contributed by atoms with van der Waals surface area (Å²) in [6.45, 7) is 3.80. The highest BCUT2D eigenvalue weighted by molar-refractivity contribution is 5.78. The van der Waals surface area contributed by atoms with Gasteiger partial charge in [-0.3, -0.25) is 10.1 Å². The van der Waals surface area contributed by atoms with E-state index < -0.39 is 11.5 Å². The second-order valence-electron chi connectivity index (χ2n) is 6.04. The zero-order chi connectivity index (χ0) is 15.5. The number of fused-ring (bicyclic) bond motifs is 1. The first-order chi connectivity index (χ1) is 10.00. The Morgan fingerprint density at radius 3 is 2.90 bits per heavy atom. The van der Waals surface area contributed by atoms with Crippen LogP contribution < -0.4 is 10.1 Å². The Balaban J connectivity index is 2.28. The molecular formula is C17H25NO3. The Bertz CT molecular complexity index is 515. The Labute approximate surface area is 126 Å². The van der Waals surface area contributed by atoms with Crippen molar-refractivity contribution in [3.63, 3.8) is 0 Å². The Hall–Kier alpha value is -1.55. The van der Waals surface area contributed by atoms with Gasteiger partial charge in [-0.1, -0.05) is 19.4 Å². The van der Waals surface area contributed by atoms with Crippen LogP contribution in [0.25, 0.3) is 0 Å². The summed E-state index contributed by atoms with van der Waals surface area (Å²) < 4.78 is 5.31. The molecule has 0 aromatic heterocycles. The summed E-state index contributed by atoms with van der Waals surface area (Å²) in [6.07, 6.45) is 4.56. The second kappa shape index (κ2) is 6.48. The monoisotopic (exact) mass is 291 g/mol. The van der Waals surface area contributed by atoms with Gasteiger partial charge in [0.1, 0.15) is 11.3 Å². The number of benzene rings is 1. The summed E-state index contributed by atoms with van der Waals surface area (Å²) in [5.74, 6) is 0.0503. The molecule has 1 aromatic rings. The van der Waals surface area contributed by atoms with Crippen LogP contribution in [0, 0.1) is 0 Å². The number of aryl methyl sites for hydroxylation is 1. The van der Waals surface area contributed by atoms with E-state index in [1.807, 2.05) is 19.1 Å². The predicted octanol–water partition coefficient (Wildman–Crippen LogP) is 3.31. The predicted molar refractivity (Wildman–Crippen MR) is 82.8 cm³/mol. The van der Waals surface area contributed by atoms with Crippen molar-refractivity contribution < 1.29 is 14.6 Å². The van der Waals surface area contributed by atoms with E-state index >= 15 is 0 Å². The van der Waals surface area contributed by atoms with Gasteiger partial charge in [-0.05, 0) is 55.9 Å². The molecule has 2 N–H and O–H groups in total. The van der Waals surface area contributed by atoms with E-state index in [0.29, 0.717) is 6.42 Å². The van der Waals surface area contributed by atoms with Gasteiger partial charge in [0.2, 0.25) is 0 Å². The minimum atomic E-state index is -0.878. The maximum absolute atomic E-state index is 11.6. The standard InChI is InChI=1S/C17H25NO3/c1-4-10-17(2,16(19)20)18-15-7-5-6-12-8-9-13(21-3)11-14(12)15/h8-9,11,15,18H,4-7,10H2,1-3H3,(H,19,20). The fourth-order valence-electron chi connectivity index (χ4n) is 3.18. The molecule has 1 aliphatic rings. The lowest BCUT2D eigenvalue weighted by atomic mass is 9.85. The molecule has 0 fully saturated rings. The number of methoxy groups -OCH3 is 1. The average molecular weight is 291 g/mol. The van der Waals surface area contributed by atoms with Crippen molar-refractivity contribution in [2.75, 3.05) is 7.11 Å². The molecule has 1 aliphatic carbocycles. The molecule has 21 heavy (non-hydrogen) atoms. The highest BCUT2D eigenvalue weighted by Gasteiger charge is 2.35. The Morgan fingerprint density at radius 2 is 2.29 bits per heavy atom. The molecule has 2 atom stereocenters. The van der Waals surface area contributed by atoms with Crippen LogP contribution in [0.3, 0.4) is 0 Å². The van der Waals surface area contributed by atoms with Crippen molar-refractivity contribution in [3.8, 4) is 5.75 Å². The fraction of sp³-hybridized carbons (Fsp3) is 0.588. The molecule has 2 unspecified atom stereocenters. The topological polar surface area (TPSA) is 58.6 Å². The number of carboxylic acids is 1. The van der Waals surface area contributed by atoms with E-state index in [0.717, 1.165) is 31.4 Å². The van der Waals surface area contributed by atoms with Crippen LogP contribution in [0.15, 0.2) is 18.2 Å². The van der Waals surface area contributed by atoms with Gasteiger partial charge in [-0.25, -0.2) is 0 Å². The molecule has 1 aromatic carbocycles. The summed E-state index contributed by atoms with van der Waals surface area (Å²) in [5, 5.41) is 12.9. The second-order valence-corrected chi connectivity index (χ2v) is 6.04. The highest BCUT2D eigenvalue weighted by atomic mass is 16.5. The number of hydrogen-bond acceptors (Lipinski definition) is 3. The van der Waals surface area contributed by atoms with Gasteiger partial charge in [0.05, 0.1) is 7.11 Å². The van der Waals surface area contributed by atoms with Gasteiger partial charge in [0, 0.05) is 6.04 Å². The third-order valence-corrected chi connectivity index (χ3v) is 4.38. The molecule has 0 heterocycles. The zero-order valence-electron chi connectivity index (χ0n) is 13.1. The van der Waals surface area contributed by atoms with E-state index in [1.165, 1.54) is 11.1 Å². The lowest BCUT2D eigenvalue weighted by Gasteiger charge is -2.35. The lowest BCUT2D eigenvalue weighted by molar-refractivity contribution is -0.145. The zero-order valence-corrected chi connectivity index (χ0v) is 13.1. The first-order valence-electron chi connectivity index (χ1n) is 7.68. The number of aliphatic carboxylic acids is 1. The number of carboxylic acid groups (broad SMARTS) is 1. The van der Waals surface area contributed by atoms with Gasteiger partial charge in [-0.15, -0.1) is 0 Å². The first-order valence-corrected chi connectivity index (χ1v) is 7.68. The van der Waals surface area contributed by atoms with E-state index in [9.17, 15) is 9.90 Å². The van der Waals surface area contributed by atoms with Crippen LogP contribution in [0.1, 0.15) is 56.7 Å². The maximum atomic E-state index is 11.6. The molecule has 0 saturated carbocycles. The van der Waals surface area contributed by atoms with Crippen molar-refractivity contribution in [1.29, 1.82) is 0 Å². The normalized spacial score (nSPS) is 20.4. The summed E-state index contributed by atoms with van der Waals surface area (Å²) in [5.41, 5.74) is 1.60. The molecule has 2 rings (SSSR count). The molecule has 0 spiro atoms. The van der Waals surface area contributed by atoms with Crippen LogP contribution >= 0.6 is 0 Å². The van der Waals surface area contributed by atoms with Gasteiger partial charge in [-0.2, -0.15) is 0 Å². The number of carbonyl (C=O) groups is 1. The fourth-order valence-corrected chi connectivity index (χ4v) is 3.18. The largest absolute Gasteiger partial charge is 0.497 e. The van der Waals surface area contributed by atoms with Crippen molar-refractivity contribution in [2.45, 2.75) is 57.5 Å². The minimum Gasteiger partial charge on any atom is -0.497 e.